The second-order valence-electron chi connectivity index (χ2n) is 4.15. The molecule has 19 heavy (non-hydrogen) atoms. The number of anilines is 1. The van der Waals surface area contributed by atoms with E-state index >= 15 is 0 Å². The summed E-state index contributed by atoms with van der Waals surface area (Å²) in [7, 11) is 1.93. The molecule has 2 aromatic heterocycles. The van der Waals surface area contributed by atoms with Crippen LogP contribution < -0.4 is 15.2 Å². The highest BCUT2D eigenvalue weighted by atomic mass is 32.1. The summed E-state index contributed by atoms with van der Waals surface area (Å²) < 4.78 is 3.16. The van der Waals surface area contributed by atoms with Gasteiger partial charge in [0, 0.05) is 27.7 Å². The first-order valence-corrected chi connectivity index (χ1v) is 7.81. The molecule has 0 unspecified atom stereocenters. The average molecular weight is 304 g/mol. The summed E-state index contributed by atoms with van der Waals surface area (Å²) in [6, 6.07) is 8.59. The zero-order chi connectivity index (χ0) is 13.4. The van der Waals surface area contributed by atoms with Crippen molar-refractivity contribution in [3.05, 3.63) is 43.0 Å². The van der Waals surface area contributed by atoms with Crippen LogP contribution in [0.3, 0.4) is 0 Å². The standard InChI is InChI=1S/C14H12N2S3/c1-8-12(19-14(17)16-8)7-11-5-9-3-4-10(15-2)6-13(9)18-11/h3-7,15H,1H2,2H3,(H,16,17)/b12-7-. The predicted octanol–water partition coefficient (Wildman–Crippen LogP) is 3.30. The quantitative estimate of drug-likeness (QED) is 0.711. The molecule has 96 valence electrons. The summed E-state index contributed by atoms with van der Waals surface area (Å²) in [6.07, 6.45) is 2.14. The summed E-state index contributed by atoms with van der Waals surface area (Å²) in [5.74, 6) is 0. The number of rotatable bonds is 2. The molecule has 0 amide bonds. The second kappa shape index (κ2) is 4.92. The van der Waals surface area contributed by atoms with Crippen molar-refractivity contribution in [1.29, 1.82) is 0 Å². The second-order valence-corrected chi connectivity index (χ2v) is 6.99. The van der Waals surface area contributed by atoms with E-state index in [-0.39, 0.29) is 0 Å². The van der Waals surface area contributed by atoms with Crippen LogP contribution in [0.4, 0.5) is 5.69 Å². The number of thiophene rings is 1. The molecule has 2 heterocycles. The van der Waals surface area contributed by atoms with Crippen LogP contribution in [0.2, 0.25) is 0 Å². The molecule has 1 aromatic carbocycles. The van der Waals surface area contributed by atoms with Crippen molar-refractivity contribution < 1.29 is 0 Å². The highest BCUT2D eigenvalue weighted by Crippen LogP contribution is 2.28. The van der Waals surface area contributed by atoms with Crippen LogP contribution in [0.1, 0.15) is 4.88 Å². The highest BCUT2D eigenvalue weighted by molar-refractivity contribution is 7.73. The molecule has 0 spiro atoms. The minimum atomic E-state index is 0.773. The summed E-state index contributed by atoms with van der Waals surface area (Å²) in [5.41, 5.74) is 1.14. The minimum absolute atomic E-state index is 0.773. The van der Waals surface area contributed by atoms with E-state index in [1.54, 1.807) is 22.7 Å². The lowest BCUT2D eigenvalue weighted by Gasteiger charge is -1.97. The monoisotopic (exact) mass is 304 g/mol. The number of hydrogen-bond acceptors (Lipinski definition) is 4. The van der Waals surface area contributed by atoms with Crippen LogP contribution in [-0.2, 0) is 0 Å². The van der Waals surface area contributed by atoms with Gasteiger partial charge in [0.1, 0.15) is 0 Å². The number of hydrogen-bond donors (Lipinski definition) is 2. The Bertz CT molecular complexity index is 899. The molecule has 0 atom stereocenters. The van der Waals surface area contributed by atoms with Crippen LogP contribution in [0.5, 0.6) is 0 Å². The third-order valence-electron chi connectivity index (χ3n) is 2.85. The van der Waals surface area contributed by atoms with Gasteiger partial charge in [0.2, 0.25) is 0 Å². The number of benzene rings is 1. The zero-order valence-corrected chi connectivity index (χ0v) is 12.8. The van der Waals surface area contributed by atoms with Crippen molar-refractivity contribution >= 4 is 63.3 Å². The summed E-state index contributed by atoms with van der Waals surface area (Å²) >= 11 is 8.47. The van der Waals surface area contributed by atoms with Gasteiger partial charge in [-0.3, -0.25) is 0 Å². The molecule has 0 aliphatic heterocycles. The molecular weight excluding hydrogens is 292 g/mol. The van der Waals surface area contributed by atoms with Crippen LogP contribution in [0.25, 0.3) is 22.7 Å². The molecule has 0 aliphatic rings. The van der Waals surface area contributed by atoms with Crippen molar-refractivity contribution in [3.63, 3.8) is 0 Å². The third kappa shape index (κ3) is 2.49. The fourth-order valence-corrected chi connectivity index (χ4v) is 4.14. The molecule has 0 bridgehead atoms. The Balaban J connectivity index is 2.16. The number of aromatic nitrogens is 1. The molecule has 2 nitrogen and oxygen atoms in total. The Morgan fingerprint density at radius 3 is 2.84 bits per heavy atom. The van der Waals surface area contributed by atoms with Crippen LogP contribution in [-0.4, -0.2) is 12.0 Å². The summed E-state index contributed by atoms with van der Waals surface area (Å²) in [4.78, 5) is 4.29. The Morgan fingerprint density at radius 1 is 1.32 bits per heavy atom. The zero-order valence-electron chi connectivity index (χ0n) is 10.3. The first-order chi connectivity index (χ1) is 9.15. The van der Waals surface area contributed by atoms with Gasteiger partial charge in [0.05, 0.1) is 4.53 Å². The molecule has 0 radical (unpaired) electrons. The Kier molecular flexibility index (Phi) is 3.26. The minimum Gasteiger partial charge on any atom is -0.388 e. The average Bonchev–Trinajstić information content (AvgIpc) is 2.91. The lowest BCUT2D eigenvalue weighted by atomic mass is 10.2. The third-order valence-corrected chi connectivity index (χ3v) is 5.12. The maximum atomic E-state index is 5.13. The van der Waals surface area contributed by atoms with Gasteiger partial charge in [0.15, 0.2) is 3.95 Å². The van der Waals surface area contributed by atoms with Crippen LogP contribution in [0.15, 0.2) is 24.3 Å². The lowest BCUT2D eigenvalue weighted by Crippen LogP contribution is -2.18. The van der Waals surface area contributed by atoms with Gasteiger partial charge in [-0.25, -0.2) is 0 Å². The van der Waals surface area contributed by atoms with Gasteiger partial charge < -0.3 is 10.3 Å². The van der Waals surface area contributed by atoms with E-state index in [1.807, 2.05) is 7.05 Å². The number of H-pyrrole nitrogens is 1. The van der Waals surface area contributed by atoms with E-state index in [9.17, 15) is 0 Å². The van der Waals surface area contributed by atoms with Crippen molar-refractivity contribution in [3.8, 4) is 0 Å². The Hall–Kier alpha value is -1.43. The largest absolute Gasteiger partial charge is 0.388 e. The molecule has 0 saturated carbocycles. The molecule has 0 aliphatic carbocycles. The SMILES string of the molecule is C=c1[nH]c(=S)s/c1=C\c1cc2ccc(NC)cc2s1. The van der Waals surface area contributed by atoms with E-state index in [0.717, 1.165) is 19.5 Å². The van der Waals surface area contributed by atoms with Gasteiger partial charge in [-0.2, -0.15) is 0 Å². The molecule has 2 N–H and O–H groups in total. The van der Waals surface area contributed by atoms with E-state index in [4.69, 9.17) is 12.2 Å². The molecule has 0 saturated heterocycles. The number of nitrogens with one attached hydrogen (secondary N) is 2. The number of thiazole rings is 1. The van der Waals surface area contributed by atoms with Crippen molar-refractivity contribution in [2.24, 2.45) is 0 Å². The molecule has 3 rings (SSSR count). The first kappa shape index (κ1) is 12.6. The topological polar surface area (TPSA) is 27.8 Å². The smallest absolute Gasteiger partial charge is 0.159 e. The molecule has 0 fully saturated rings. The van der Waals surface area contributed by atoms with Crippen molar-refractivity contribution in [2.45, 2.75) is 0 Å². The van der Waals surface area contributed by atoms with Crippen LogP contribution >= 0.6 is 34.9 Å². The highest BCUT2D eigenvalue weighted by Gasteiger charge is 2.01. The maximum Gasteiger partial charge on any atom is 0.159 e. The summed E-state index contributed by atoms with van der Waals surface area (Å²) in [6.45, 7) is 3.97. The molecule has 5 heteroatoms. The van der Waals surface area contributed by atoms with Crippen LogP contribution in [0, 0.1) is 3.95 Å². The van der Waals surface area contributed by atoms with Gasteiger partial charge in [-0.15, -0.1) is 22.7 Å². The van der Waals surface area contributed by atoms with E-state index < -0.39 is 0 Å². The fourth-order valence-electron chi connectivity index (χ4n) is 1.90. The van der Waals surface area contributed by atoms with E-state index in [2.05, 4.69) is 47.2 Å². The Labute approximate surface area is 123 Å². The van der Waals surface area contributed by atoms with Crippen molar-refractivity contribution in [1.82, 2.24) is 4.98 Å². The van der Waals surface area contributed by atoms with E-state index in [1.165, 1.54) is 15.0 Å². The number of fused-ring (bicyclic) bond motifs is 1. The van der Waals surface area contributed by atoms with Gasteiger partial charge in [0.25, 0.3) is 0 Å². The predicted molar refractivity (Wildman–Crippen MR) is 89.2 cm³/mol. The van der Waals surface area contributed by atoms with Gasteiger partial charge >= 0.3 is 0 Å². The molecule has 3 aromatic rings. The molecular formula is C14H12N2S3. The van der Waals surface area contributed by atoms with Crippen molar-refractivity contribution in [2.75, 3.05) is 12.4 Å². The lowest BCUT2D eigenvalue weighted by molar-refractivity contribution is 1.31. The normalized spacial score (nSPS) is 12.2. The Morgan fingerprint density at radius 2 is 2.16 bits per heavy atom. The van der Waals surface area contributed by atoms with Gasteiger partial charge in [-0.05, 0) is 41.9 Å². The first-order valence-electron chi connectivity index (χ1n) is 5.77. The maximum absolute atomic E-state index is 5.13. The fraction of sp³-hybridized carbons (Fsp3) is 0.0714. The van der Waals surface area contributed by atoms with Gasteiger partial charge in [-0.1, -0.05) is 12.6 Å². The van der Waals surface area contributed by atoms with E-state index in [0.29, 0.717) is 0 Å². The summed E-state index contributed by atoms with van der Waals surface area (Å²) in [5, 5.41) is 5.32. The number of aromatic amines is 1.